The second-order valence-electron chi connectivity index (χ2n) is 3.80. The minimum Gasteiger partial charge on any atom is -0.479 e. The van der Waals surface area contributed by atoms with E-state index in [0.717, 1.165) is 0 Å². The molecule has 0 aromatic carbocycles. The molecule has 0 aliphatic heterocycles. The average molecular weight is 269 g/mol. The number of ether oxygens (including phenoxy) is 2. The number of hydrogen-bond donors (Lipinski definition) is 3. The summed E-state index contributed by atoms with van der Waals surface area (Å²) in [6.45, 7) is 2.61. The maximum absolute atomic E-state index is 11.7. The van der Waals surface area contributed by atoms with Crippen molar-refractivity contribution in [2.24, 2.45) is 0 Å². The fraction of sp³-hybridized carbons (Fsp3) is 0.545. The highest BCUT2D eigenvalue weighted by molar-refractivity contribution is 5.85. The van der Waals surface area contributed by atoms with Crippen LogP contribution in [0.4, 0.5) is 11.5 Å². The number of nitrogens with two attached hydrogens (primary N) is 1. The molecule has 8 heteroatoms. The van der Waals surface area contributed by atoms with E-state index in [0.29, 0.717) is 19.0 Å². The number of hydrogen-bond acceptors (Lipinski definition) is 7. The Morgan fingerprint density at radius 1 is 1.47 bits per heavy atom. The molecule has 0 saturated carbocycles. The van der Waals surface area contributed by atoms with Gasteiger partial charge in [-0.15, -0.1) is 0 Å². The Bertz CT molecular complexity index is 427. The molecule has 0 radical (unpaired) electrons. The molecule has 0 aliphatic carbocycles. The van der Waals surface area contributed by atoms with E-state index >= 15 is 0 Å². The number of carbonyl (C=O) groups is 1. The van der Waals surface area contributed by atoms with Gasteiger partial charge in [0.2, 0.25) is 11.8 Å². The van der Waals surface area contributed by atoms with Crippen molar-refractivity contribution in [2.45, 2.75) is 13.0 Å². The van der Waals surface area contributed by atoms with E-state index in [1.807, 2.05) is 0 Å². The Balaban J connectivity index is 2.61. The Morgan fingerprint density at radius 3 is 2.84 bits per heavy atom. The summed E-state index contributed by atoms with van der Waals surface area (Å²) in [5.41, 5.74) is 6.07. The highest BCUT2D eigenvalue weighted by Crippen LogP contribution is 2.24. The van der Waals surface area contributed by atoms with Crippen molar-refractivity contribution in [2.75, 3.05) is 38.4 Å². The van der Waals surface area contributed by atoms with Crippen LogP contribution in [-0.2, 0) is 9.53 Å². The summed E-state index contributed by atoms with van der Waals surface area (Å²) >= 11 is 0. The molecule has 0 bridgehead atoms. The Morgan fingerprint density at radius 2 is 2.21 bits per heavy atom. The first-order valence-corrected chi connectivity index (χ1v) is 5.77. The lowest BCUT2D eigenvalue weighted by Gasteiger charge is -2.16. The molecule has 1 aromatic rings. The quantitative estimate of drug-likeness (QED) is 0.579. The molecule has 1 heterocycles. The molecule has 0 aliphatic rings. The monoisotopic (exact) mass is 269 g/mol. The van der Waals surface area contributed by atoms with Gasteiger partial charge in [-0.05, 0) is 6.92 Å². The Hall–Kier alpha value is -2.09. The Kier molecular flexibility index (Phi) is 5.80. The van der Waals surface area contributed by atoms with E-state index in [2.05, 4.69) is 20.6 Å². The zero-order valence-corrected chi connectivity index (χ0v) is 11.3. The highest BCUT2D eigenvalue weighted by atomic mass is 16.5. The second-order valence-corrected chi connectivity index (χ2v) is 3.80. The number of amides is 1. The zero-order valence-electron chi connectivity index (χ0n) is 11.3. The second kappa shape index (κ2) is 7.37. The number of anilines is 2. The van der Waals surface area contributed by atoms with Gasteiger partial charge >= 0.3 is 0 Å². The van der Waals surface area contributed by atoms with Crippen molar-refractivity contribution < 1.29 is 14.3 Å². The van der Waals surface area contributed by atoms with Gasteiger partial charge in [0.25, 0.3) is 0 Å². The highest BCUT2D eigenvalue weighted by Gasteiger charge is 2.15. The number of nitrogen functional groups attached to an aromatic ring is 1. The van der Waals surface area contributed by atoms with Gasteiger partial charge < -0.3 is 25.8 Å². The predicted molar refractivity (Wildman–Crippen MR) is 71.0 cm³/mol. The van der Waals surface area contributed by atoms with E-state index < -0.39 is 6.04 Å². The maximum Gasteiger partial charge on any atom is 0.242 e. The lowest BCUT2D eigenvalue weighted by Crippen LogP contribution is -2.39. The molecule has 1 rings (SSSR count). The van der Waals surface area contributed by atoms with E-state index in [4.69, 9.17) is 15.2 Å². The molecule has 8 nitrogen and oxygen atoms in total. The van der Waals surface area contributed by atoms with Crippen molar-refractivity contribution in [1.82, 2.24) is 15.3 Å². The molecule has 106 valence electrons. The number of nitrogens with one attached hydrogen (secondary N) is 2. The molecular weight excluding hydrogens is 250 g/mol. The number of carbonyl (C=O) groups excluding carboxylic acids is 1. The largest absolute Gasteiger partial charge is 0.479 e. The Labute approximate surface area is 111 Å². The molecule has 0 fully saturated rings. The number of nitrogens with zero attached hydrogens (tertiary/aromatic N) is 2. The summed E-state index contributed by atoms with van der Waals surface area (Å²) in [6.07, 6.45) is 1.31. The van der Waals surface area contributed by atoms with Crippen LogP contribution in [0, 0.1) is 0 Å². The van der Waals surface area contributed by atoms with Crippen LogP contribution in [0.5, 0.6) is 5.88 Å². The van der Waals surface area contributed by atoms with Gasteiger partial charge in [-0.3, -0.25) is 4.79 Å². The molecular formula is C11H19N5O3. The summed E-state index contributed by atoms with van der Waals surface area (Å²) in [5, 5.41) is 5.61. The topological polar surface area (TPSA) is 111 Å². The van der Waals surface area contributed by atoms with Crippen LogP contribution in [0.15, 0.2) is 6.33 Å². The molecule has 1 unspecified atom stereocenters. The van der Waals surface area contributed by atoms with Gasteiger partial charge in [0.15, 0.2) is 5.82 Å². The normalized spacial score (nSPS) is 11.7. The zero-order chi connectivity index (χ0) is 14.3. The fourth-order valence-corrected chi connectivity index (χ4v) is 1.36. The van der Waals surface area contributed by atoms with Crippen LogP contribution < -0.4 is 21.1 Å². The minimum atomic E-state index is -0.487. The molecule has 19 heavy (non-hydrogen) atoms. The standard InChI is InChI=1S/C11H19N5O3/c1-7(10(17)13-4-5-18-2)16-9-8(12)11(19-3)15-6-14-9/h6-7H,4-5,12H2,1-3H3,(H,13,17)(H,14,15,16). The summed E-state index contributed by atoms with van der Waals surface area (Å²) in [4.78, 5) is 19.6. The van der Waals surface area contributed by atoms with Crippen LogP contribution in [0.3, 0.4) is 0 Å². The molecule has 1 atom stereocenters. The number of aromatic nitrogens is 2. The van der Waals surface area contributed by atoms with E-state index in [1.165, 1.54) is 13.4 Å². The van der Waals surface area contributed by atoms with E-state index in [1.54, 1.807) is 14.0 Å². The van der Waals surface area contributed by atoms with E-state index in [9.17, 15) is 4.79 Å². The minimum absolute atomic E-state index is 0.172. The molecule has 0 spiro atoms. The fourth-order valence-electron chi connectivity index (χ4n) is 1.36. The molecule has 4 N–H and O–H groups in total. The SMILES string of the molecule is COCCNC(=O)C(C)Nc1ncnc(OC)c1N. The first-order valence-electron chi connectivity index (χ1n) is 5.77. The number of methoxy groups -OCH3 is 2. The van der Waals surface area contributed by atoms with Crippen molar-refractivity contribution in [3.63, 3.8) is 0 Å². The first-order chi connectivity index (χ1) is 9.10. The van der Waals surface area contributed by atoms with Crippen LogP contribution in [0.1, 0.15) is 6.92 Å². The van der Waals surface area contributed by atoms with Crippen molar-refractivity contribution >= 4 is 17.4 Å². The van der Waals surface area contributed by atoms with Gasteiger partial charge in [-0.2, -0.15) is 4.98 Å². The third-order valence-electron chi connectivity index (χ3n) is 2.39. The lowest BCUT2D eigenvalue weighted by molar-refractivity contribution is -0.121. The predicted octanol–water partition coefficient (Wildman–Crippen LogP) is -0.370. The van der Waals surface area contributed by atoms with Crippen LogP contribution in [-0.4, -0.2) is 49.3 Å². The van der Waals surface area contributed by atoms with Crippen LogP contribution >= 0.6 is 0 Å². The van der Waals surface area contributed by atoms with Gasteiger partial charge in [0.05, 0.1) is 13.7 Å². The van der Waals surface area contributed by atoms with Gasteiger partial charge in [-0.1, -0.05) is 0 Å². The van der Waals surface area contributed by atoms with Gasteiger partial charge in [-0.25, -0.2) is 4.98 Å². The van der Waals surface area contributed by atoms with Crippen molar-refractivity contribution in [3.8, 4) is 5.88 Å². The summed E-state index contributed by atoms with van der Waals surface area (Å²) in [7, 11) is 3.03. The molecule has 0 saturated heterocycles. The van der Waals surface area contributed by atoms with Crippen molar-refractivity contribution in [3.05, 3.63) is 6.33 Å². The van der Waals surface area contributed by atoms with Crippen LogP contribution in [0.25, 0.3) is 0 Å². The maximum atomic E-state index is 11.7. The van der Waals surface area contributed by atoms with E-state index in [-0.39, 0.29) is 17.5 Å². The summed E-state index contributed by atoms with van der Waals surface area (Å²) < 4.78 is 9.82. The third-order valence-corrected chi connectivity index (χ3v) is 2.39. The number of rotatable bonds is 7. The molecule has 1 amide bonds. The average Bonchev–Trinajstić information content (AvgIpc) is 2.41. The van der Waals surface area contributed by atoms with Crippen LogP contribution in [0.2, 0.25) is 0 Å². The van der Waals surface area contributed by atoms with Crippen molar-refractivity contribution in [1.29, 1.82) is 0 Å². The lowest BCUT2D eigenvalue weighted by atomic mass is 10.3. The van der Waals surface area contributed by atoms with Gasteiger partial charge in [0, 0.05) is 13.7 Å². The van der Waals surface area contributed by atoms with Gasteiger partial charge in [0.1, 0.15) is 18.1 Å². The first kappa shape index (κ1) is 15.0. The summed E-state index contributed by atoms with van der Waals surface area (Å²) in [5.74, 6) is 0.458. The smallest absolute Gasteiger partial charge is 0.242 e. The molecule has 1 aromatic heterocycles. The summed E-state index contributed by atoms with van der Waals surface area (Å²) in [6, 6.07) is -0.487. The third kappa shape index (κ3) is 4.25.